The van der Waals surface area contributed by atoms with Crippen LogP contribution in [0.2, 0.25) is 0 Å². The maximum Gasteiger partial charge on any atom is 0.0462 e. The van der Waals surface area contributed by atoms with Crippen molar-refractivity contribution in [3.05, 3.63) is 245 Å². The zero-order valence-corrected chi connectivity index (χ0v) is 61.7. The molecule has 1 atom stereocenters. The molecule has 2 heteroatoms. The van der Waals surface area contributed by atoms with Crippen molar-refractivity contribution >= 4 is 40.2 Å². The number of aryl methyl sites for hydroxylation is 2. The summed E-state index contributed by atoms with van der Waals surface area (Å²) in [6.07, 6.45) is 39.1. The average Bonchev–Trinajstić information content (AvgIpc) is 1.53. The topological polar surface area (TPSA) is 6.48 Å². The van der Waals surface area contributed by atoms with E-state index in [2.05, 4.69) is 266 Å². The summed E-state index contributed by atoms with van der Waals surface area (Å²) in [5.74, 6) is 0.531. The monoisotopic (exact) mass is 1300 g/mol. The third-order valence-corrected chi connectivity index (χ3v) is 22.9. The van der Waals surface area contributed by atoms with Gasteiger partial charge in [0.25, 0.3) is 0 Å². The molecule has 0 bridgehead atoms. The van der Waals surface area contributed by atoms with Crippen LogP contribution in [0, 0.1) is 13.8 Å². The predicted octanol–water partition coefficient (Wildman–Crippen LogP) is 30.3. The highest BCUT2D eigenvalue weighted by molar-refractivity contribution is 5.92. The fourth-order valence-electron chi connectivity index (χ4n) is 16.8. The van der Waals surface area contributed by atoms with E-state index < -0.39 is 0 Å². The lowest BCUT2D eigenvalue weighted by atomic mass is 9.68. The second kappa shape index (κ2) is 34.9. The van der Waals surface area contributed by atoms with E-state index in [1.54, 1.807) is 22.3 Å². The lowest BCUT2D eigenvalue weighted by molar-refractivity contribution is 0.394. The summed E-state index contributed by atoms with van der Waals surface area (Å²) in [5, 5.41) is 0. The Balaban J connectivity index is 1.04. The molecule has 0 spiro atoms. The molecule has 0 aliphatic heterocycles. The summed E-state index contributed by atoms with van der Waals surface area (Å²) in [7, 11) is 0. The van der Waals surface area contributed by atoms with Crippen LogP contribution in [0.1, 0.15) is 278 Å². The summed E-state index contributed by atoms with van der Waals surface area (Å²) in [4.78, 5) is 4.83. The Labute approximate surface area is 594 Å². The van der Waals surface area contributed by atoms with Gasteiger partial charge in [-0.05, 0) is 227 Å². The van der Waals surface area contributed by atoms with Gasteiger partial charge in [-0.3, -0.25) is 0 Å². The smallest absolute Gasteiger partial charge is 0.0462 e. The number of fused-ring (bicyclic) bond motifs is 6. The van der Waals surface area contributed by atoms with E-state index in [0.717, 1.165) is 29.0 Å². The van der Waals surface area contributed by atoms with E-state index in [9.17, 15) is 0 Å². The van der Waals surface area contributed by atoms with Crippen LogP contribution in [-0.2, 0) is 10.8 Å². The molecular weight excluding hydrogens is 1180 g/mol. The molecule has 11 rings (SSSR count). The number of hydrogen-bond donors (Lipinski definition) is 0. The Morgan fingerprint density at radius 1 is 0.306 bits per heavy atom. The Morgan fingerprint density at radius 3 is 0.898 bits per heavy atom. The first kappa shape index (κ1) is 71.6. The zero-order chi connectivity index (χ0) is 68.3. The van der Waals surface area contributed by atoms with Gasteiger partial charge in [0.1, 0.15) is 0 Å². The van der Waals surface area contributed by atoms with E-state index in [4.69, 9.17) is 0 Å². The van der Waals surface area contributed by atoms with E-state index in [0.29, 0.717) is 5.92 Å². The van der Waals surface area contributed by atoms with Gasteiger partial charge in [-0.2, -0.15) is 0 Å². The minimum Gasteiger partial charge on any atom is -0.311 e. The van der Waals surface area contributed by atoms with Crippen molar-refractivity contribution in [1.82, 2.24) is 0 Å². The molecule has 98 heavy (non-hydrogen) atoms. The van der Waals surface area contributed by atoms with Crippen LogP contribution < -0.4 is 9.80 Å². The Morgan fingerprint density at radius 2 is 0.582 bits per heavy atom. The molecule has 0 heterocycles. The standard InChI is InChI=1S/C96H118N2/c1-10-16-20-24-28-32-64-95(65-33-29-25-21-17-11-2)91-68-79(77-44-58-85(59-45-77)97(81-50-36-72(7)37-51-81)83-54-40-75(15-6)41-55-83)48-62-87(91)89-70-94-90(71-93(89)95)88-63-49-80(69-92(88)96(94,66-34-30-26-22-18-12-3)67-35-31-27-23-19-13-4)78-46-60-86(61-47-78)98(82-52-38-73(8)39-53-82)84-56-42-76(43-57-84)74(9)14-5/h15,36-63,68-71,74H,6,10-14,16-35,64-67H2,1-5,7-9H3. The Bertz CT molecular complexity index is 3910. The van der Waals surface area contributed by atoms with Crippen molar-refractivity contribution in [1.29, 1.82) is 0 Å². The van der Waals surface area contributed by atoms with Crippen molar-refractivity contribution in [3.63, 3.8) is 0 Å². The fraction of sp³-hybridized carbons (Fsp3) is 0.417. The minimum atomic E-state index is -0.0842. The van der Waals surface area contributed by atoms with Crippen molar-refractivity contribution in [2.75, 3.05) is 9.80 Å². The number of rotatable bonds is 39. The molecule has 0 N–H and O–H groups in total. The second-order valence-electron chi connectivity index (χ2n) is 29.8. The molecule has 0 aromatic heterocycles. The molecule has 2 aliphatic rings. The number of hydrogen-bond acceptors (Lipinski definition) is 2. The van der Waals surface area contributed by atoms with Gasteiger partial charge < -0.3 is 9.80 Å². The normalized spacial score (nSPS) is 13.4. The summed E-state index contributed by atoms with van der Waals surface area (Å²) < 4.78 is 0. The van der Waals surface area contributed by atoms with Crippen LogP contribution >= 0.6 is 0 Å². The minimum absolute atomic E-state index is 0.0827. The van der Waals surface area contributed by atoms with Gasteiger partial charge in [-0.15, -0.1) is 0 Å². The number of anilines is 6. The van der Waals surface area contributed by atoms with E-state index in [-0.39, 0.29) is 10.8 Å². The largest absolute Gasteiger partial charge is 0.311 e. The number of benzene rings is 9. The summed E-state index contributed by atoms with van der Waals surface area (Å²) in [5.41, 5.74) is 29.6. The van der Waals surface area contributed by atoms with Crippen LogP contribution in [0.25, 0.3) is 50.6 Å². The quantitative estimate of drug-likeness (QED) is 0.0354. The second-order valence-corrected chi connectivity index (χ2v) is 29.8. The molecule has 9 aromatic carbocycles. The Kier molecular flexibility index (Phi) is 25.5. The van der Waals surface area contributed by atoms with Crippen molar-refractivity contribution < 1.29 is 0 Å². The summed E-state index contributed by atoms with van der Waals surface area (Å²) >= 11 is 0. The van der Waals surface area contributed by atoms with Crippen LogP contribution in [-0.4, -0.2) is 0 Å². The van der Waals surface area contributed by atoms with Crippen LogP contribution in [0.15, 0.2) is 201 Å². The predicted molar refractivity (Wildman–Crippen MR) is 429 cm³/mol. The van der Waals surface area contributed by atoms with Gasteiger partial charge in [0, 0.05) is 45.0 Å². The lowest BCUT2D eigenvalue weighted by Crippen LogP contribution is -2.27. The summed E-state index contributed by atoms with van der Waals surface area (Å²) in [6, 6.07) is 76.5. The first-order valence-corrected chi connectivity index (χ1v) is 39.3. The molecule has 0 radical (unpaired) electrons. The molecule has 1 unspecified atom stereocenters. The lowest BCUT2D eigenvalue weighted by Gasteiger charge is -2.35. The van der Waals surface area contributed by atoms with Crippen LogP contribution in [0.4, 0.5) is 34.1 Å². The molecular formula is C96H118N2. The highest BCUT2D eigenvalue weighted by Crippen LogP contribution is 2.62. The number of unbranched alkanes of at least 4 members (excludes halogenated alkanes) is 20. The highest BCUT2D eigenvalue weighted by Gasteiger charge is 2.48. The van der Waals surface area contributed by atoms with Crippen molar-refractivity contribution in [3.8, 4) is 44.5 Å². The maximum absolute atomic E-state index is 4.06. The van der Waals surface area contributed by atoms with Gasteiger partial charge in [-0.25, -0.2) is 0 Å². The molecule has 9 aromatic rings. The molecule has 0 saturated carbocycles. The third kappa shape index (κ3) is 16.5. The first-order valence-electron chi connectivity index (χ1n) is 39.3. The van der Waals surface area contributed by atoms with Gasteiger partial charge in [0.2, 0.25) is 0 Å². The number of nitrogens with zero attached hydrogens (tertiary/aromatic N) is 2. The molecule has 2 nitrogen and oxygen atoms in total. The van der Waals surface area contributed by atoms with Crippen LogP contribution in [0.5, 0.6) is 0 Å². The Hall–Kier alpha value is -7.68. The first-order chi connectivity index (χ1) is 48.1. The van der Waals surface area contributed by atoms with Crippen molar-refractivity contribution in [2.24, 2.45) is 0 Å². The molecule has 512 valence electrons. The van der Waals surface area contributed by atoms with E-state index in [1.807, 2.05) is 6.08 Å². The highest BCUT2D eigenvalue weighted by atomic mass is 15.1. The third-order valence-electron chi connectivity index (χ3n) is 22.9. The SMILES string of the molecule is C=Cc1ccc(N(c2ccc(C)cc2)c2ccc(-c3ccc4c(c3)C(CCCCCCCC)(CCCCCCCC)c3cc5c(cc3-4)C(CCCCCCCC)(CCCCCCCC)c3cc(-c4ccc(N(c6ccc(C)cc6)c6ccc(C(C)CC)cc6)cc4)ccc3-5)cc2)cc1. The molecule has 0 fully saturated rings. The molecule has 2 aliphatic carbocycles. The van der Waals surface area contributed by atoms with Gasteiger partial charge >= 0.3 is 0 Å². The molecule has 0 amide bonds. The average molecular weight is 1300 g/mol. The van der Waals surface area contributed by atoms with E-state index in [1.165, 1.54) is 258 Å². The molecule has 0 saturated heterocycles. The maximum atomic E-state index is 4.06. The zero-order valence-electron chi connectivity index (χ0n) is 61.7. The van der Waals surface area contributed by atoms with Gasteiger partial charge in [0.05, 0.1) is 0 Å². The van der Waals surface area contributed by atoms with Gasteiger partial charge in [-0.1, -0.05) is 316 Å². The summed E-state index contributed by atoms with van der Waals surface area (Å²) in [6.45, 7) is 22.5. The van der Waals surface area contributed by atoms with E-state index >= 15 is 0 Å². The van der Waals surface area contributed by atoms with Gasteiger partial charge in [0.15, 0.2) is 0 Å². The van der Waals surface area contributed by atoms with Crippen molar-refractivity contribution in [2.45, 2.75) is 258 Å². The fourth-order valence-corrected chi connectivity index (χ4v) is 16.8. The van der Waals surface area contributed by atoms with Crippen LogP contribution in [0.3, 0.4) is 0 Å².